The lowest BCUT2D eigenvalue weighted by Crippen LogP contribution is -2.08. The second kappa shape index (κ2) is 14.8. The molecule has 1 fully saturated rings. The van der Waals surface area contributed by atoms with Gasteiger partial charge in [-0.15, -0.1) is 0 Å². The minimum absolute atomic E-state index is 0.154. The topological polar surface area (TPSA) is 61.8 Å². The van der Waals surface area contributed by atoms with E-state index in [1.807, 2.05) is 0 Å². The zero-order valence-electron chi connectivity index (χ0n) is 15.7. The van der Waals surface area contributed by atoms with Crippen LogP contribution in [0.1, 0.15) is 84.0 Å². The van der Waals surface area contributed by atoms with Crippen LogP contribution < -0.4 is 0 Å². The van der Waals surface area contributed by atoms with E-state index in [2.05, 4.69) is 11.7 Å². The van der Waals surface area contributed by atoms with E-state index in [9.17, 15) is 9.59 Å². The van der Waals surface area contributed by atoms with Crippen molar-refractivity contribution in [3.8, 4) is 0 Å². The van der Waals surface area contributed by atoms with Crippen LogP contribution in [0.15, 0.2) is 12.2 Å². The van der Waals surface area contributed by atoms with E-state index in [-0.39, 0.29) is 6.61 Å². The molecule has 1 aliphatic heterocycles. The molecule has 1 saturated heterocycles. The number of carbonyl (C=O) groups is 2. The molecule has 0 spiro atoms. The Hall–Kier alpha value is -1.52. The minimum atomic E-state index is -0.695. The van der Waals surface area contributed by atoms with Crippen molar-refractivity contribution in [3.63, 3.8) is 0 Å². The summed E-state index contributed by atoms with van der Waals surface area (Å²) < 4.78 is 14.5. The summed E-state index contributed by atoms with van der Waals surface area (Å²) in [5.41, 5.74) is 0. The van der Waals surface area contributed by atoms with Gasteiger partial charge in [0.1, 0.15) is 6.61 Å². The number of esters is 1. The Kier molecular flexibility index (Phi) is 12.7. The van der Waals surface area contributed by atoms with Gasteiger partial charge < -0.3 is 14.2 Å². The average molecular weight is 354 g/mol. The molecule has 0 aromatic carbocycles. The third kappa shape index (κ3) is 12.5. The van der Waals surface area contributed by atoms with Gasteiger partial charge in [-0.3, -0.25) is 0 Å². The van der Waals surface area contributed by atoms with Crippen LogP contribution in [-0.4, -0.2) is 31.4 Å². The highest BCUT2D eigenvalue weighted by Gasteiger charge is 2.22. The Morgan fingerprint density at radius 3 is 2.08 bits per heavy atom. The number of cyclic esters (lactones) is 2. The molecular formula is C20H34O5. The number of carbonyl (C=O) groups excluding carboxylic acids is 2. The van der Waals surface area contributed by atoms with Gasteiger partial charge in [-0.25, -0.2) is 9.59 Å². The standard InChI is InChI=1S/C20H34O5/c1-2-3-4-5-6-7-8-9-10-11-12-13-16-23-19(21)15-14-18-17-24-20(22)25-18/h14-15,18H,2-13,16-17H2,1H3/b15-14+/t18-/m1/s1. The summed E-state index contributed by atoms with van der Waals surface area (Å²) in [5.74, 6) is -0.397. The first-order valence-corrected chi connectivity index (χ1v) is 9.90. The van der Waals surface area contributed by atoms with Crippen LogP contribution in [0.4, 0.5) is 4.79 Å². The summed E-state index contributed by atoms with van der Waals surface area (Å²) in [6.45, 7) is 2.85. The first-order valence-electron chi connectivity index (χ1n) is 9.90. The first-order chi connectivity index (χ1) is 12.2. The minimum Gasteiger partial charge on any atom is -0.463 e. The van der Waals surface area contributed by atoms with Gasteiger partial charge >= 0.3 is 12.1 Å². The van der Waals surface area contributed by atoms with Crippen LogP contribution in [0.5, 0.6) is 0 Å². The molecule has 1 atom stereocenters. The molecule has 0 radical (unpaired) electrons. The van der Waals surface area contributed by atoms with Crippen molar-refractivity contribution in [2.24, 2.45) is 0 Å². The van der Waals surface area contributed by atoms with Gasteiger partial charge in [0.25, 0.3) is 0 Å². The normalized spacial score (nSPS) is 16.8. The molecule has 0 bridgehead atoms. The quantitative estimate of drug-likeness (QED) is 0.226. The molecule has 0 amide bonds. The lowest BCUT2D eigenvalue weighted by atomic mass is 10.1. The molecule has 1 aliphatic rings. The van der Waals surface area contributed by atoms with Gasteiger partial charge in [0.15, 0.2) is 6.10 Å². The van der Waals surface area contributed by atoms with Crippen LogP contribution in [0, 0.1) is 0 Å². The molecule has 1 rings (SSSR count). The number of hydrogen-bond donors (Lipinski definition) is 0. The molecule has 0 aromatic rings. The first kappa shape index (κ1) is 21.5. The molecule has 5 heteroatoms. The summed E-state index contributed by atoms with van der Waals surface area (Å²) in [7, 11) is 0. The van der Waals surface area contributed by atoms with Crippen LogP contribution in [0.3, 0.4) is 0 Å². The van der Waals surface area contributed by atoms with Gasteiger partial charge in [0.05, 0.1) is 6.61 Å². The van der Waals surface area contributed by atoms with E-state index in [1.54, 1.807) is 0 Å². The third-order valence-corrected chi connectivity index (χ3v) is 4.30. The van der Waals surface area contributed by atoms with E-state index >= 15 is 0 Å². The second-order valence-electron chi connectivity index (χ2n) is 6.63. The van der Waals surface area contributed by atoms with Crippen LogP contribution in [0.25, 0.3) is 0 Å². The Morgan fingerprint density at radius 2 is 1.56 bits per heavy atom. The fourth-order valence-corrected chi connectivity index (χ4v) is 2.79. The van der Waals surface area contributed by atoms with E-state index in [1.165, 1.54) is 76.4 Å². The molecule has 0 unspecified atom stereocenters. The van der Waals surface area contributed by atoms with Crippen molar-refractivity contribution in [1.29, 1.82) is 0 Å². The molecule has 144 valence electrons. The van der Waals surface area contributed by atoms with Gasteiger partial charge in [-0.2, -0.15) is 0 Å². The van der Waals surface area contributed by atoms with E-state index < -0.39 is 18.2 Å². The predicted molar refractivity (Wildman–Crippen MR) is 97.4 cm³/mol. The lowest BCUT2D eigenvalue weighted by molar-refractivity contribution is -0.137. The summed E-state index contributed by atoms with van der Waals surface area (Å²) in [5, 5.41) is 0. The molecule has 0 aliphatic carbocycles. The number of ether oxygens (including phenoxy) is 3. The Balaban J connectivity index is 1.81. The van der Waals surface area contributed by atoms with Crippen LogP contribution in [-0.2, 0) is 19.0 Å². The van der Waals surface area contributed by atoms with Gasteiger partial charge in [0, 0.05) is 6.08 Å². The Labute approximate surface area is 152 Å². The van der Waals surface area contributed by atoms with Crippen molar-refractivity contribution in [1.82, 2.24) is 0 Å². The highest BCUT2D eigenvalue weighted by molar-refractivity contribution is 5.82. The van der Waals surface area contributed by atoms with E-state index in [0.717, 1.165) is 12.8 Å². The SMILES string of the molecule is CCCCCCCCCCCCCCOC(=O)/C=C/[C@@H]1COC(=O)O1. The molecule has 1 heterocycles. The third-order valence-electron chi connectivity index (χ3n) is 4.30. The lowest BCUT2D eigenvalue weighted by Gasteiger charge is -2.04. The summed E-state index contributed by atoms with van der Waals surface area (Å²) in [4.78, 5) is 22.2. The highest BCUT2D eigenvalue weighted by Crippen LogP contribution is 2.12. The molecule has 0 N–H and O–H groups in total. The largest absolute Gasteiger partial charge is 0.509 e. The van der Waals surface area contributed by atoms with Crippen molar-refractivity contribution >= 4 is 12.1 Å². The monoisotopic (exact) mass is 354 g/mol. The Morgan fingerprint density at radius 1 is 1.00 bits per heavy atom. The number of hydrogen-bond acceptors (Lipinski definition) is 5. The second-order valence-corrected chi connectivity index (χ2v) is 6.63. The maximum atomic E-state index is 11.5. The smallest absolute Gasteiger partial charge is 0.463 e. The molecule has 25 heavy (non-hydrogen) atoms. The van der Waals surface area contributed by atoms with E-state index in [4.69, 9.17) is 9.47 Å². The van der Waals surface area contributed by atoms with Gasteiger partial charge in [0.2, 0.25) is 0 Å². The Bertz CT molecular complexity index is 392. The molecule has 0 saturated carbocycles. The van der Waals surface area contributed by atoms with Crippen molar-refractivity contribution < 1.29 is 23.8 Å². The van der Waals surface area contributed by atoms with Crippen LogP contribution >= 0.6 is 0 Å². The van der Waals surface area contributed by atoms with E-state index in [0.29, 0.717) is 6.61 Å². The van der Waals surface area contributed by atoms with Gasteiger partial charge in [-0.1, -0.05) is 77.6 Å². The zero-order chi connectivity index (χ0) is 18.2. The zero-order valence-corrected chi connectivity index (χ0v) is 15.7. The molecule has 0 aromatic heterocycles. The van der Waals surface area contributed by atoms with Crippen molar-refractivity contribution in [2.45, 2.75) is 90.1 Å². The fourth-order valence-electron chi connectivity index (χ4n) is 2.79. The molecular weight excluding hydrogens is 320 g/mol. The number of unbranched alkanes of at least 4 members (excludes halogenated alkanes) is 11. The van der Waals surface area contributed by atoms with Gasteiger partial charge in [-0.05, 0) is 12.5 Å². The fraction of sp³-hybridized carbons (Fsp3) is 0.800. The summed E-state index contributed by atoms with van der Waals surface area (Å²) in [6.07, 6.45) is 17.0. The van der Waals surface area contributed by atoms with Crippen molar-refractivity contribution in [2.75, 3.05) is 13.2 Å². The summed E-state index contributed by atoms with van der Waals surface area (Å²) in [6, 6.07) is 0. The average Bonchev–Trinajstić information content (AvgIpc) is 3.02. The summed E-state index contributed by atoms with van der Waals surface area (Å²) >= 11 is 0. The van der Waals surface area contributed by atoms with Crippen molar-refractivity contribution in [3.05, 3.63) is 12.2 Å². The predicted octanol–water partition coefficient (Wildman–Crippen LogP) is 5.32. The maximum absolute atomic E-state index is 11.5. The highest BCUT2D eigenvalue weighted by atomic mass is 16.8. The molecule has 5 nitrogen and oxygen atoms in total. The maximum Gasteiger partial charge on any atom is 0.509 e. The van der Waals surface area contributed by atoms with Crippen LogP contribution in [0.2, 0.25) is 0 Å². The number of rotatable bonds is 15.